The van der Waals surface area contributed by atoms with Gasteiger partial charge in [-0.25, -0.2) is 9.18 Å². The minimum atomic E-state index is -0.531. The Labute approximate surface area is 153 Å². The molecule has 0 aliphatic carbocycles. The molecule has 1 heterocycles. The lowest BCUT2D eigenvalue weighted by Crippen LogP contribution is -2.02. The minimum Gasteiger partial charge on any atom is -0.486 e. The maximum atomic E-state index is 13.2. The number of carbonyl (C=O) groups is 1. The van der Waals surface area contributed by atoms with Crippen LogP contribution < -0.4 is 4.74 Å². The first-order valence-corrected chi connectivity index (χ1v) is 8.04. The molecule has 7 heteroatoms. The first kappa shape index (κ1) is 17.5. The average Bonchev–Trinajstić information content (AvgIpc) is 2.86. The Morgan fingerprint density at radius 2 is 1.96 bits per heavy atom. The number of rotatable bonds is 4. The van der Waals surface area contributed by atoms with Gasteiger partial charge in [-0.1, -0.05) is 40.5 Å². The van der Waals surface area contributed by atoms with Crippen LogP contribution in [-0.2, 0) is 16.2 Å². The Morgan fingerprint density at radius 1 is 1.24 bits per heavy atom. The lowest BCUT2D eigenvalue weighted by atomic mass is 10.1. The van der Waals surface area contributed by atoms with Crippen molar-refractivity contribution in [2.45, 2.75) is 13.5 Å². The number of benzene rings is 2. The summed E-state index contributed by atoms with van der Waals surface area (Å²) in [5, 5.41) is 4.15. The molecule has 3 rings (SSSR count). The molecule has 128 valence electrons. The Morgan fingerprint density at radius 3 is 2.56 bits per heavy atom. The van der Waals surface area contributed by atoms with Gasteiger partial charge in [-0.05, 0) is 48.4 Å². The number of nitrogens with zero attached hydrogens (tertiary/aromatic N) is 1. The van der Waals surface area contributed by atoms with Crippen LogP contribution in [0.4, 0.5) is 4.39 Å². The molecule has 2 aromatic carbocycles. The van der Waals surface area contributed by atoms with E-state index in [1.807, 2.05) is 0 Å². The predicted molar refractivity (Wildman–Crippen MR) is 94.4 cm³/mol. The molecule has 1 aliphatic rings. The number of hydrogen-bond donors (Lipinski definition) is 0. The number of halogens is 3. The highest BCUT2D eigenvalue weighted by Gasteiger charge is 2.22. The highest BCUT2D eigenvalue weighted by Crippen LogP contribution is 2.35. The molecule has 0 unspecified atom stereocenters. The largest absolute Gasteiger partial charge is 0.486 e. The van der Waals surface area contributed by atoms with Gasteiger partial charge < -0.3 is 9.57 Å². The Hall–Kier alpha value is -2.37. The Kier molecular flexibility index (Phi) is 5.06. The molecule has 0 amide bonds. The van der Waals surface area contributed by atoms with Crippen molar-refractivity contribution in [3.05, 3.63) is 69.0 Å². The molecule has 0 saturated heterocycles. The van der Waals surface area contributed by atoms with Gasteiger partial charge in [-0.15, -0.1) is 0 Å². The quantitative estimate of drug-likeness (QED) is 0.552. The molecule has 25 heavy (non-hydrogen) atoms. The zero-order valence-corrected chi connectivity index (χ0v) is 14.6. The maximum absolute atomic E-state index is 13.2. The van der Waals surface area contributed by atoms with E-state index in [2.05, 4.69) is 9.99 Å². The van der Waals surface area contributed by atoms with Crippen LogP contribution in [0.15, 0.2) is 47.1 Å². The second-order valence-corrected chi connectivity index (χ2v) is 6.16. The van der Waals surface area contributed by atoms with Crippen molar-refractivity contribution in [3.8, 4) is 5.75 Å². The lowest BCUT2D eigenvalue weighted by molar-refractivity contribution is -0.136. The summed E-state index contributed by atoms with van der Waals surface area (Å²) in [5.41, 5.74) is 2.07. The van der Waals surface area contributed by atoms with Gasteiger partial charge >= 0.3 is 5.97 Å². The predicted octanol–water partition coefficient (Wildman–Crippen LogP) is 5.03. The number of oxime groups is 1. The first-order chi connectivity index (χ1) is 11.9. The zero-order chi connectivity index (χ0) is 18.0. The molecule has 0 aromatic heterocycles. The Balaban J connectivity index is 1.82. The topological polar surface area (TPSA) is 47.9 Å². The third-order valence-electron chi connectivity index (χ3n) is 3.48. The van der Waals surface area contributed by atoms with Gasteiger partial charge in [0.15, 0.2) is 5.75 Å². The van der Waals surface area contributed by atoms with E-state index in [0.29, 0.717) is 22.4 Å². The average molecular weight is 380 g/mol. The highest BCUT2D eigenvalue weighted by atomic mass is 35.5. The van der Waals surface area contributed by atoms with E-state index in [-0.39, 0.29) is 28.2 Å². The van der Waals surface area contributed by atoms with Crippen LogP contribution in [0.2, 0.25) is 10.0 Å². The molecule has 0 bridgehead atoms. The number of ether oxygens (including phenoxy) is 1. The standard InChI is InChI=1S/C18H12Cl2FNO3/c1-10-14(18(23)25-22-10)6-12-7-15(19)17(16(20)8-12)24-9-11-3-2-4-13(21)5-11/h2-8H,9H2,1H3/b14-6-. The minimum absolute atomic E-state index is 0.121. The number of carbonyl (C=O) groups excluding carboxylic acids is 1. The van der Waals surface area contributed by atoms with E-state index >= 15 is 0 Å². The van der Waals surface area contributed by atoms with Crippen molar-refractivity contribution in [1.29, 1.82) is 0 Å². The summed E-state index contributed by atoms with van der Waals surface area (Å²) in [4.78, 5) is 16.2. The van der Waals surface area contributed by atoms with Crippen LogP contribution in [0.5, 0.6) is 5.75 Å². The number of hydrogen-bond acceptors (Lipinski definition) is 4. The molecule has 4 nitrogen and oxygen atoms in total. The third-order valence-corrected chi connectivity index (χ3v) is 4.04. The summed E-state index contributed by atoms with van der Waals surface area (Å²) in [6.07, 6.45) is 1.59. The van der Waals surface area contributed by atoms with Gasteiger partial charge in [0.25, 0.3) is 0 Å². The van der Waals surface area contributed by atoms with E-state index in [9.17, 15) is 9.18 Å². The van der Waals surface area contributed by atoms with E-state index in [1.54, 1.807) is 37.3 Å². The normalized spacial score (nSPS) is 15.3. The molecule has 0 saturated carbocycles. The second-order valence-electron chi connectivity index (χ2n) is 5.35. The van der Waals surface area contributed by atoms with Crippen molar-refractivity contribution < 1.29 is 18.8 Å². The van der Waals surface area contributed by atoms with Crippen molar-refractivity contribution in [1.82, 2.24) is 0 Å². The summed E-state index contributed by atoms with van der Waals surface area (Å²) >= 11 is 12.5. The highest BCUT2D eigenvalue weighted by molar-refractivity contribution is 6.37. The smallest absolute Gasteiger partial charge is 0.367 e. The van der Waals surface area contributed by atoms with Gasteiger partial charge in [-0.3, -0.25) is 0 Å². The van der Waals surface area contributed by atoms with E-state index in [4.69, 9.17) is 27.9 Å². The molecule has 0 spiro atoms. The van der Waals surface area contributed by atoms with Crippen LogP contribution in [0, 0.1) is 5.82 Å². The summed E-state index contributed by atoms with van der Waals surface area (Å²) in [6, 6.07) is 9.27. The van der Waals surface area contributed by atoms with Crippen LogP contribution in [0.25, 0.3) is 6.08 Å². The fraction of sp³-hybridized carbons (Fsp3) is 0.111. The molecular weight excluding hydrogens is 368 g/mol. The molecular formula is C18H12Cl2FNO3. The van der Waals surface area contributed by atoms with Gasteiger partial charge in [0.05, 0.1) is 21.3 Å². The molecule has 0 fully saturated rings. The summed E-state index contributed by atoms with van der Waals surface area (Å²) < 4.78 is 18.8. The second kappa shape index (κ2) is 7.25. The molecule has 0 radical (unpaired) electrons. The van der Waals surface area contributed by atoms with E-state index < -0.39 is 5.97 Å². The molecule has 2 aromatic rings. The van der Waals surface area contributed by atoms with E-state index in [0.717, 1.165) is 0 Å². The summed E-state index contributed by atoms with van der Waals surface area (Å²) in [7, 11) is 0. The molecule has 0 atom stereocenters. The first-order valence-electron chi connectivity index (χ1n) is 7.28. The molecule has 0 N–H and O–H groups in total. The van der Waals surface area contributed by atoms with Gasteiger partial charge in [-0.2, -0.15) is 0 Å². The van der Waals surface area contributed by atoms with Crippen molar-refractivity contribution in [2.24, 2.45) is 5.16 Å². The van der Waals surface area contributed by atoms with Gasteiger partial charge in [0.2, 0.25) is 0 Å². The van der Waals surface area contributed by atoms with Gasteiger partial charge in [0.1, 0.15) is 12.4 Å². The third kappa shape index (κ3) is 4.00. The van der Waals surface area contributed by atoms with Crippen LogP contribution in [0.1, 0.15) is 18.1 Å². The summed E-state index contributed by atoms with van der Waals surface area (Å²) in [5.74, 6) is -0.592. The van der Waals surface area contributed by atoms with Crippen LogP contribution >= 0.6 is 23.2 Å². The monoisotopic (exact) mass is 379 g/mol. The van der Waals surface area contributed by atoms with Gasteiger partial charge in [0, 0.05) is 0 Å². The summed E-state index contributed by atoms with van der Waals surface area (Å²) in [6.45, 7) is 1.78. The molecule has 1 aliphatic heterocycles. The SMILES string of the molecule is CC1=NOC(=O)/C1=C\c1cc(Cl)c(OCc2cccc(F)c2)c(Cl)c1. The van der Waals surface area contributed by atoms with E-state index in [1.165, 1.54) is 12.1 Å². The Bertz CT molecular complexity index is 886. The van der Waals surface area contributed by atoms with Crippen LogP contribution in [0.3, 0.4) is 0 Å². The maximum Gasteiger partial charge on any atom is 0.367 e. The van der Waals surface area contributed by atoms with Crippen molar-refractivity contribution in [2.75, 3.05) is 0 Å². The fourth-order valence-corrected chi connectivity index (χ4v) is 2.88. The zero-order valence-electron chi connectivity index (χ0n) is 13.1. The fourth-order valence-electron chi connectivity index (χ4n) is 2.27. The van der Waals surface area contributed by atoms with Crippen molar-refractivity contribution in [3.63, 3.8) is 0 Å². The van der Waals surface area contributed by atoms with Crippen LogP contribution in [-0.4, -0.2) is 11.7 Å². The van der Waals surface area contributed by atoms with Crippen molar-refractivity contribution >= 4 is 41.0 Å². The lowest BCUT2D eigenvalue weighted by Gasteiger charge is -2.11.